The van der Waals surface area contributed by atoms with Crippen LogP contribution in [0, 0.1) is 13.8 Å². The van der Waals surface area contributed by atoms with Crippen LogP contribution < -0.4 is 0 Å². The van der Waals surface area contributed by atoms with Gasteiger partial charge in [0.15, 0.2) is 5.82 Å². The van der Waals surface area contributed by atoms with Crippen LogP contribution in [0.2, 0.25) is 5.15 Å². The monoisotopic (exact) mass is 264 g/mol. The first-order chi connectivity index (χ1) is 8.56. The Kier molecular flexibility index (Phi) is 3.66. The molecule has 2 rings (SSSR count). The zero-order valence-corrected chi connectivity index (χ0v) is 11.9. The maximum Gasteiger partial charge on any atom is 0.158 e. The van der Waals surface area contributed by atoms with Crippen LogP contribution >= 0.6 is 11.6 Å². The van der Waals surface area contributed by atoms with Crippen molar-refractivity contribution in [3.63, 3.8) is 0 Å². The van der Waals surface area contributed by atoms with Gasteiger partial charge < -0.3 is 0 Å². The Hall–Kier alpha value is -1.42. The Labute approximate surface area is 112 Å². The Bertz CT molecular complexity index is 575. The SMILES string of the molecule is CCc1nc(Cl)cc(-n2nc(C)c(CC)c2C)n1. The summed E-state index contributed by atoms with van der Waals surface area (Å²) >= 11 is 6.02. The second-order valence-corrected chi connectivity index (χ2v) is 4.62. The number of halogens is 1. The van der Waals surface area contributed by atoms with Crippen LogP contribution in [0.25, 0.3) is 5.82 Å². The first-order valence-corrected chi connectivity index (χ1v) is 6.53. The molecule has 0 radical (unpaired) electrons. The van der Waals surface area contributed by atoms with Crippen LogP contribution in [0.4, 0.5) is 0 Å². The first kappa shape index (κ1) is 13.0. The van der Waals surface area contributed by atoms with Crippen molar-refractivity contribution in [2.24, 2.45) is 0 Å². The van der Waals surface area contributed by atoms with Crippen LogP contribution in [0.15, 0.2) is 6.07 Å². The molecule has 4 nitrogen and oxygen atoms in total. The molecule has 0 bridgehead atoms. The summed E-state index contributed by atoms with van der Waals surface area (Å²) < 4.78 is 1.85. The minimum absolute atomic E-state index is 0.461. The summed E-state index contributed by atoms with van der Waals surface area (Å²) in [6.45, 7) is 8.21. The number of hydrogen-bond donors (Lipinski definition) is 0. The van der Waals surface area contributed by atoms with Crippen molar-refractivity contribution in [3.05, 3.63) is 34.0 Å². The van der Waals surface area contributed by atoms with Crippen LogP contribution in [0.3, 0.4) is 0 Å². The molecule has 0 fully saturated rings. The van der Waals surface area contributed by atoms with E-state index in [1.54, 1.807) is 6.07 Å². The van der Waals surface area contributed by atoms with Crippen LogP contribution in [0.5, 0.6) is 0 Å². The molecular formula is C13H17ClN4. The average molecular weight is 265 g/mol. The maximum atomic E-state index is 6.02. The van der Waals surface area contributed by atoms with Crippen LogP contribution in [0.1, 0.15) is 36.6 Å². The summed E-state index contributed by atoms with van der Waals surface area (Å²) in [7, 11) is 0. The normalized spacial score (nSPS) is 10.9. The van der Waals surface area contributed by atoms with Gasteiger partial charge in [-0.1, -0.05) is 25.4 Å². The smallest absolute Gasteiger partial charge is 0.158 e. The summed E-state index contributed by atoms with van der Waals surface area (Å²) in [5.41, 5.74) is 3.43. The molecule has 18 heavy (non-hydrogen) atoms. The predicted octanol–water partition coefficient (Wildman–Crippen LogP) is 3.06. The lowest BCUT2D eigenvalue weighted by atomic mass is 10.1. The minimum atomic E-state index is 0.461. The van der Waals surface area contributed by atoms with Gasteiger partial charge in [-0.2, -0.15) is 5.10 Å². The van der Waals surface area contributed by atoms with Crippen molar-refractivity contribution in [2.75, 3.05) is 0 Å². The summed E-state index contributed by atoms with van der Waals surface area (Å²) in [4.78, 5) is 8.65. The molecule has 96 valence electrons. The van der Waals surface area contributed by atoms with Gasteiger partial charge in [0.2, 0.25) is 0 Å². The van der Waals surface area contributed by atoms with Crippen molar-refractivity contribution >= 4 is 11.6 Å². The van der Waals surface area contributed by atoms with Crippen molar-refractivity contribution < 1.29 is 0 Å². The fraction of sp³-hybridized carbons (Fsp3) is 0.462. The lowest BCUT2D eigenvalue weighted by molar-refractivity contribution is 0.782. The van der Waals surface area contributed by atoms with E-state index in [2.05, 4.69) is 28.9 Å². The van der Waals surface area contributed by atoms with Gasteiger partial charge in [0.05, 0.1) is 5.69 Å². The highest BCUT2D eigenvalue weighted by Crippen LogP contribution is 2.19. The Balaban J connectivity index is 2.58. The average Bonchev–Trinajstić information content (AvgIpc) is 2.63. The van der Waals surface area contributed by atoms with E-state index in [1.807, 2.05) is 18.5 Å². The fourth-order valence-electron chi connectivity index (χ4n) is 2.13. The van der Waals surface area contributed by atoms with E-state index in [0.29, 0.717) is 5.15 Å². The van der Waals surface area contributed by atoms with Gasteiger partial charge in [0, 0.05) is 18.2 Å². The van der Waals surface area contributed by atoms with E-state index < -0.39 is 0 Å². The molecule has 2 aromatic rings. The van der Waals surface area contributed by atoms with Gasteiger partial charge in [-0.25, -0.2) is 14.6 Å². The van der Waals surface area contributed by atoms with E-state index in [9.17, 15) is 0 Å². The topological polar surface area (TPSA) is 43.6 Å². The molecule has 0 unspecified atom stereocenters. The van der Waals surface area contributed by atoms with Gasteiger partial charge >= 0.3 is 0 Å². The molecule has 0 atom stereocenters. The minimum Gasteiger partial charge on any atom is -0.221 e. The Morgan fingerprint density at radius 1 is 1.17 bits per heavy atom. The third-order valence-electron chi connectivity index (χ3n) is 3.06. The molecule has 0 amide bonds. The number of aryl methyl sites for hydroxylation is 2. The van der Waals surface area contributed by atoms with Crippen molar-refractivity contribution in [1.82, 2.24) is 19.7 Å². The molecular weight excluding hydrogens is 248 g/mol. The number of hydrogen-bond acceptors (Lipinski definition) is 3. The standard InChI is InChI=1S/C13H17ClN4/c1-5-10-8(3)17-18(9(10)4)13-7-11(14)15-12(6-2)16-13/h7H,5-6H2,1-4H3. The highest BCUT2D eigenvalue weighted by molar-refractivity contribution is 6.29. The second kappa shape index (κ2) is 5.06. The molecule has 2 heterocycles. The highest BCUT2D eigenvalue weighted by atomic mass is 35.5. The summed E-state index contributed by atoms with van der Waals surface area (Å²) in [6, 6.07) is 1.75. The molecule has 0 saturated carbocycles. The predicted molar refractivity (Wildman–Crippen MR) is 72.4 cm³/mol. The molecule has 2 aromatic heterocycles. The molecule has 0 aromatic carbocycles. The fourth-order valence-corrected chi connectivity index (χ4v) is 2.32. The maximum absolute atomic E-state index is 6.02. The summed E-state index contributed by atoms with van der Waals surface area (Å²) in [5, 5.41) is 5.00. The van der Waals surface area contributed by atoms with Crippen LogP contribution in [-0.2, 0) is 12.8 Å². The highest BCUT2D eigenvalue weighted by Gasteiger charge is 2.13. The van der Waals surface area contributed by atoms with E-state index in [0.717, 1.165) is 35.9 Å². The third kappa shape index (κ3) is 2.25. The zero-order valence-electron chi connectivity index (χ0n) is 11.2. The summed E-state index contributed by atoms with van der Waals surface area (Å²) in [5.74, 6) is 1.48. The number of aromatic nitrogens is 4. The van der Waals surface area contributed by atoms with Gasteiger partial charge in [-0.3, -0.25) is 0 Å². The molecule has 0 aliphatic heterocycles. The molecule has 0 aliphatic carbocycles. The van der Waals surface area contributed by atoms with Gasteiger partial charge in [-0.15, -0.1) is 0 Å². The molecule has 0 spiro atoms. The van der Waals surface area contributed by atoms with Crippen molar-refractivity contribution in [3.8, 4) is 5.82 Å². The number of nitrogens with zero attached hydrogens (tertiary/aromatic N) is 4. The largest absolute Gasteiger partial charge is 0.221 e. The summed E-state index contributed by atoms with van der Waals surface area (Å²) in [6.07, 6.45) is 1.73. The van der Waals surface area contributed by atoms with Crippen LogP contribution in [-0.4, -0.2) is 19.7 Å². The van der Waals surface area contributed by atoms with Crippen molar-refractivity contribution in [1.29, 1.82) is 0 Å². The second-order valence-electron chi connectivity index (χ2n) is 4.23. The zero-order chi connectivity index (χ0) is 13.3. The molecule has 0 N–H and O–H groups in total. The molecule has 5 heteroatoms. The Morgan fingerprint density at radius 3 is 2.44 bits per heavy atom. The lowest BCUT2D eigenvalue weighted by Crippen LogP contribution is -2.06. The molecule has 0 saturated heterocycles. The van der Waals surface area contributed by atoms with Crippen molar-refractivity contribution in [2.45, 2.75) is 40.5 Å². The van der Waals surface area contributed by atoms with E-state index in [-0.39, 0.29) is 0 Å². The lowest BCUT2D eigenvalue weighted by Gasteiger charge is -2.06. The third-order valence-corrected chi connectivity index (χ3v) is 3.25. The first-order valence-electron chi connectivity index (χ1n) is 6.15. The Morgan fingerprint density at radius 2 is 1.89 bits per heavy atom. The van der Waals surface area contributed by atoms with Gasteiger partial charge in [0.25, 0.3) is 0 Å². The van der Waals surface area contributed by atoms with E-state index in [1.165, 1.54) is 5.56 Å². The van der Waals surface area contributed by atoms with E-state index >= 15 is 0 Å². The quantitative estimate of drug-likeness (QED) is 0.801. The van der Waals surface area contributed by atoms with Gasteiger partial charge in [-0.05, 0) is 25.8 Å². The molecule has 0 aliphatic rings. The van der Waals surface area contributed by atoms with Gasteiger partial charge in [0.1, 0.15) is 11.0 Å². The van der Waals surface area contributed by atoms with E-state index in [4.69, 9.17) is 11.6 Å². The number of rotatable bonds is 3.